The summed E-state index contributed by atoms with van der Waals surface area (Å²) in [6.07, 6.45) is 8.09. The van der Waals surface area contributed by atoms with Crippen molar-refractivity contribution in [2.24, 2.45) is 10.9 Å². The molecule has 3 heterocycles. The van der Waals surface area contributed by atoms with Gasteiger partial charge >= 0.3 is 0 Å². The SMILES string of the molecule is CC1=C/C(C)N=C(CN2CCN(CCCC(C#N)(c3ccc(C#N)s3)C(C)C)CC2)OC/C=C\1. The summed E-state index contributed by atoms with van der Waals surface area (Å²) in [6.45, 7) is 14.7. The Balaban J connectivity index is 1.50. The Kier molecular flexibility index (Phi) is 9.47. The first kappa shape index (κ1) is 26.2. The van der Waals surface area contributed by atoms with Crippen LogP contribution in [0.5, 0.6) is 0 Å². The first-order chi connectivity index (χ1) is 16.4. The Morgan fingerprint density at radius 3 is 2.59 bits per heavy atom. The lowest BCUT2D eigenvalue weighted by atomic mass is 9.73. The molecule has 0 saturated carbocycles. The van der Waals surface area contributed by atoms with Gasteiger partial charge in [-0.2, -0.15) is 10.5 Å². The maximum atomic E-state index is 10.1. The van der Waals surface area contributed by atoms with E-state index in [2.05, 4.69) is 61.8 Å². The van der Waals surface area contributed by atoms with Crippen molar-refractivity contribution in [3.8, 4) is 12.1 Å². The molecular weight excluding hydrogens is 442 g/mol. The van der Waals surface area contributed by atoms with Crippen molar-refractivity contribution < 1.29 is 4.74 Å². The zero-order chi connectivity index (χ0) is 24.6. The van der Waals surface area contributed by atoms with Gasteiger partial charge in [-0.25, -0.2) is 4.99 Å². The molecule has 1 saturated heterocycles. The second-order valence-corrected chi connectivity index (χ2v) is 10.7. The van der Waals surface area contributed by atoms with E-state index in [-0.39, 0.29) is 12.0 Å². The molecule has 1 aromatic rings. The highest BCUT2D eigenvalue weighted by atomic mass is 32.1. The predicted octanol–water partition coefficient (Wildman–Crippen LogP) is 4.75. The van der Waals surface area contributed by atoms with Gasteiger partial charge in [0.05, 0.1) is 24.1 Å². The van der Waals surface area contributed by atoms with Gasteiger partial charge in [0, 0.05) is 31.1 Å². The van der Waals surface area contributed by atoms with Crippen LogP contribution in [0.2, 0.25) is 0 Å². The number of nitrogens with zero attached hydrogens (tertiary/aromatic N) is 5. The molecule has 6 nitrogen and oxygen atoms in total. The van der Waals surface area contributed by atoms with E-state index in [4.69, 9.17) is 9.73 Å². The van der Waals surface area contributed by atoms with Gasteiger partial charge in [0.2, 0.25) is 0 Å². The first-order valence-corrected chi connectivity index (χ1v) is 13.1. The van der Waals surface area contributed by atoms with Gasteiger partial charge in [0.25, 0.3) is 0 Å². The van der Waals surface area contributed by atoms with Crippen LogP contribution < -0.4 is 0 Å². The van der Waals surface area contributed by atoms with Crippen molar-refractivity contribution in [1.82, 2.24) is 9.80 Å². The van der Waals surface area contributed by atoms with Crippen molar-refractivity contribution >= 4 is 17.2 Å². The van der Waals surface area contributed by atoms with Crippen LogP contribution in [0.15, 0.2) is 40.9 Å². The molecule has 0 amide bonds. The van der Waals surface area contributed by atoms with Crippen LogP contribution in [0.3, 0.4) is 0 Å². The number of nitriles is 2. The molecule has 1 fully saturated rings. The largest absolute Gasteiger partial charge is 0.476 e. The molecule has 3 rings (SSSR count). The van der Waals surface area contributed by atoms with Crippen molar-refractivity contribution in [2.45, 2.75) is 52.0 Å². The quantitative estimate of drug-likeness (QED) is 0.538. The van der Waals surface area contributed by atoms with E-state index in [1.807, 2.05) is 18.2 Å². The number of ether oxygens (including phenoxy) is 1. The minimum atomic E-state index is -0.522. The highest BCUT2D eigenvalue weighted by molar-refractivity contribution is 7.12. The molecule has 0 radical (unpaired) electrons. The Bertz CT molecular complexity index is 987. The third kappa shape index (κ3) is 6.79. The number of allylic oxidation sites excluding steroid dienone is 2. The van der Waals surface area contributed by atoms with Crippen LogP contribution in [-0.4, -0.2) is 67.6 Å². The molecule has 2 unspecified atom stereocenters. The van der Waals surface area contributed by atoms with Crippen molar-refractivity contribution in [3.63, 3.8) is 0 Å². The molecule has 0 N–H and O–H groups in total. The van der Waals surface area contributed by atoms with E-state index in [0.29, 0.717) is 11.5 Å². The van der Waals surface area contributed by atoms with Crippen molar-refractivity contribution in [3.05, 3.63) is 45.7 Å². The third-order valence-electron chi connectivity index (χ3n) is 6.79. The van der Waals surface area contributed by atoms with E-state index in [1.165, 1.54) is 16.9 Å². The topological polar surface area (TPSA) is 75.6 Å². The minimum Gasteiger partial charge on any atom is -0.476 e. The number of aliphatic imine (C=N–C) groups is 1. The average molecular weight is 480 g/mol. The van der Waals surface area contributed by atoms with E-state index in [9.17, 15) is 10.5 Å². The molecule has 0 aliphatic carbocycles. The smallest absolute Gasteiger partial charge is 0.198 e. The summed E-state index contributed by atoms with van der Waals surface area (Å²) in [5.74, 6) is 1.02. The average Bonchev–Trinajstić information content (AvgIpc) is 3.31. The second-order valence-electron chi connectivity index (χ2n) is 9.62. The molecule has 1 aromatic heterocycles. The Morgan fingerprint density at radius 1 is 1.21 bits per heavy atom. The fraction of sp³-hybridized carbons (Fsp3) is 0.593. The molecule has 2 aliphatic heterocycles. The van der Waals surface area contributed by atoms with Crippen LogP contribution >= 0.6 is 11.3 Å². The van der Waals surface area contributed by atoms with Gasteiger partial charge in [-0.1, -0.05) is 31.6 Å². The van der Waals surface area contributed by atoms with Crippen molar-refractivity contribution in [1.29, 1.82) is 10.5 Å². The van der Waals surface area contributed by atoms with Gasteiger partial charge in [-0.3, -0.25) is 4.90 Å². The molecule has 0 aromatic carbocycles. The normalized spacial score (nSPS) is 24.3. The van der Waals surface area contributed by atoms with E-state index < -0.39 is 5.41 Å². The van der Waals surface area contributed by atoms with Crippen LogP contribution in [-0.2, 0) is 10.2 Å². The monoisotopic (exact) mass is 479 g/mol. The molecule has 182 valence electrons. The zero-order valence-electron chi connectivity index (χ0n) is 21.0. The number of piperazine rings is 1. The van der Waals surface area contributed by atoms with Crippen LogP contribution in [0, 0.1) is 28.6 Å². The van der Waals surface area contributed by atoms with E-state index >= 15 is 0 Å². The standard InChI is InChI=1S/C27H37N5OS/c1-21(2)27(20-29,25-9-8-24(18-28)34-25)10-6-11-31-12-14-32(15-13-31)19-26-30-23(4)17-22(3)7-5-16-33-26/h5,7-9,17,21,23H,6,10-16,19H2,1-4H3/b7-5-,22-17-,30-26?. The maximum absolute atomic E-state index is 10.1. The van der Waals surface area contributed by atoms with Gasteiger partial charge in [-0.05, 0) is 57.4 Å². The van der Waals surface area contributed by atoms with Crippen LogP contribution in [0.1, 0.15) is 50.3 Å². The number of rotatable bonds is 8. The number of thiophene rings is 1. The lowest BCUT2D eigenvalue weighted by Gasteiger charge is -2.36. The molecular formula is C27H37N5OS. The van der Waals surface area contributed by atoms with Crippen LogP contribution in [0.25, 0.3) is 0 Å². The van der Waals surface area contributed by atoms with E-state index in [1.54, 1.807) is 0 Å². The van der Waals surface area contributed by atoms with Gasteiger partial charge in [0.15, 0.2) is 5.90 Å². The summed E-state index contributed by atoms with van der Waals surface area (Å²) in [6, 6.07) is 8.76. The molecule has 7 heteroatoms. The molecule has 2 atom stereocenters. The van der Waals surface area contributed by atoms with Crippen LogP contribution in [0.4, 0.5) is 0 Å². The molecule has 0 bridgehead atoms. The first-order valence-electron chi connectivity index (χ1n) is 12.3. The summed E-state index contributed by atoms with van der Waals surface area (Å²) in [5.41, 5.74) is 0.698. The fourth-order valence-electron chi connectivity index (χ4n) is 4.72. The lowest BCUT2D eigenvalue weighted by molar-refractivity contribution is 0.135. The molecule has 2 aliphatic rings. The second kappa shape index (κ2) is 12.3. The van der Waals surface area contributed by atoms with Gasteiger partial charge < -0.3 is 9.64 Å². The summed E-state index contributed by atoms with van der Waals surface area (Å²) in [7, 11) is 0. The highest BCUT2D eigenvalue weighted by Crippen LogP contribution is 2.40. The number of hydrogen-bond donors (Lipinski definition) is 0. The number of hydrogen-bond acceptors (Lipinski definition) is 7. The van der Waals surface area contributed by atoms with E-state index in [0.717, 1.165) is 62.9 Å². The minimum absolute atomic E-state index is 0.119. The Morgan fingerprint density at radius 2 is 1.94 bits per heavy atom. The molecule has 0 spiro atoms. The highest BCUT2D eigenvalue weighted by Gasteiger charge is 2.37. The zero-order valence-corrected chi connectivity index (χ0v) is 21.8. The lowest BCUT2D eigenvalue weighted by Crippen LogP contribution is -2.48. The third-order valence-corrected chi connectivity index (χ3v) is 7.96. The molecule has 34 heavy (non-hydrogen) atoms. The summed E-state index contributed by atoms with van der Waals surface area (Å²) in [5, 5.41) is 19.3. The summed E-state index contributed by atoms with van der Waals surface area (Å²) in [4.78, 5) is 11.4. The van der Waals surface area contributed by atoms with Gasteiger partial charge in [-0.15, -0.1) is 11.3 Å². The maximum Gasteiger partial charge on any atom is 0.198 e. The Hall–Kier alpha value is -2.45. The van der Waals surface area contributed by atoms with Crippen molar-refractivity contribution in [2.75, 3.05) is 45.9 Å². The van der Waals surface area contributed by atoms with Gasteiger partial charge in [0.1, 0.15) is 17.6 Å². The Labute approximate surface area is 208 Å². The predicted molar refractivity (Wildman–Crippen MR) is 139 cm³/mol. The fourth-order valence-corrected chi connectivity index (χ4v) is 5.84. The summed E-state index contributed by atoms with van der Waals surface area (Å²) < 4.78 is 5.93. The summed E-state index contributed by atoms with van der Waals surface area (Å²) >= 11 is 1.47.